The van der Waals surface area contributed by atoms with Crippen molar-refractivity contribution in [3.8, 4) is 0 Å². The van der Waals surface area contributed by atoms with E-state index in [2.05, 4.69) is 11.1 Å². The summed E-state index contributed by atoms with van der Waals surface area (Å²) in [7, 11) is 0. The second kappa shape index (κ2) is 8.29. The monoisotopic (exact) mass is 397 g/mol. The Hall–Kier alpha value is -2.44. The van der Waals surface area contributed by atoms with Crippen molar-refractivity contribution in [1.82, 2.24) is 19.7 Å². The highest BCUT2D eigenvalue weighted by Crippen LogP contribution is 2.31. The van der Waals surface area contributed by atoms with Gasteiger partial charge in [0.1, 0.15) is 0 Å². The van der Waals surface area contributed by atoms with Gasteiger partial charge >= 0.3 is 0 Å². The number of aryl methyl sites for hydroxylation is 1. The summed E-state index contributed by atoms with van der Waals surface area (Å²) in [5.74, 6) is 0.423. The molecule has 3 aromatic rings. The second-order valence-electron chi connectivity index (χ2n) is 7.23. The van der Waals surface area contributed by atoms with E-state index in [1.165, 1.54) is 0 Å². The summed E-state index contributed by atoms with van der Waals surface area (Å²) in [4.78, 5) is 19.1. The maximum atomic E-state index is 12.7. The van der Waals surface area contributed by atoms with E-state index in [0.29, 0.717) is 37.5 Å². The van der Waals surface area contributed by atoms with Crippen LogP contribution < -0.4 is 5.73 Å². The lowest BCUT2D eigenvalue weighted by molar-refractivity contribution is -0.130. The van der Waals surface area contributed by atoms with Crippen molar-refractivity contribution in [2.75, 3.05) is 19.6 Å². The molecule has 0 saturated carbocycles. The molecule has 1 aliphatic heterocycles. The van der Waals surface area contributed by atoms with Gasteiger partial charge in [-0.25, -0.2) is 9.67 Å². The summed E-state index contributed by atoms with van der Waals surface area (Å²) in [6, 6.07) is 11.7. The number of aromatic nitrogens is 3. The molecular weight excluding hydrogens is 374 g/mol. The van der Waals surface area contributed by atoms with E-state index in [4.69, 9.17) is 22.4 Å². The van der Waals surface area contributed by atoms with Gasteiger partial charge in [0.2, 0.25) is 5.91 Å². The van der Waals surface area contributed by atoms with Crippen molar-refractivity contribution >= 4 is 28.5 Å². The van der Waals surface area contributed by atoms with E-state index < -0.39 is 0 Å². The van der Waals surface area contributed by atoms with E-state index in [0.717, 1.165) is 35.3 Å². The lowest BCUT2D eigenvalue weighted by Crippen LogP contribution is -2.28. The van der Waals surface area contributed by atoms with Crippen molar-refractivity contribution in [2.45, 2.75) is 31.7 Å². The summed E-state index contributed by atoms with van der Waals surface area (Å²) in [5, 5.41) is 6.55. The van der Waals surface area contributed by atoms with E-state index in [1.807, 2.05) is 39.9 Å². The zero-order chi connectivity index (χ0) is 19.5. The highest BCUT2D eigenvalue weighted by atomic mass is 35.5. The summed E-state index contributed by atoms with van der Waals surface area (Å²) in [6.45, 7) is 2.64. The molecule has 2 aromatic heterocycles. The van der Waals surface area contributed by atoms with E-state index >= 15 is 0 Å². The van der Waals surface area contributed by atoms with Crippen LogP contribution in [0, 0.1) is 0 Å². The number of carbonyl (C=O) groups excluding carboxylic acids is 1. The van der Waals surface area contributed by atoms with Gasteiger partial charge in [0.15, 0.2) is 5.65 Å². The first kappa shape index (κ1) is 18.9. The molecule has 0 bridgehead atoms. The first-order valence-corrected chi connectivity index (χ1v) is 10.1. The van der Waals surface area contributed by atoms with Crippen LogP contribution in [-0.2, 0) is 17.8 Å². The molecule has 1 aromatic carbocycles. The van der Waals surface area contributed by atoms with E-state index in [1.54, 1.807) is 6.20 Å². The summed E-state index contributed by atoms with van der Waals surface area (Å²) in [5.41, 5.74) is 8.71. The molecular formula is C21H24ClN5O. The minimum absolute atomic E-state index is 0.186. The van der Waals surface area contributed by atoms with Crippen LogP contribution >= 0.6 is 11.6 Å². The first-order valence-electron chi connectivity index (χ1n) is 9.69. The maximum absolute atomic E-state index is 12.7. The Kier molecular flexibility index (Phi) is 5.59. The molecule has 1 atom stereocenters. The lowest BCUT2D eigenvalue weighted by atomic mass is 10.0. The number of carbonyl (C=O) groups is 1. The average Bonchev–Trinajstić information content (AvgIpc) is 3.32. The number of hydrogen-bond acceptors (Lipinski definition) is 4. The largest absolute Gasteiger partial charge is 0.342 e. The third kappa shape index (κ3) is 3.88. The van der Waals surface area contributed by atoms with Crippen LogP contribution in [0.3, 0.4) is 0 Å². The minimum Gasteiger partial charge on any atom is -0.342 e. The zero-order valence-corrected chi connectivity index (χ0v) is 16.5. The van der Waals surface area contributed by atoms with Gasteiger partial charge in [0, 0.05) is 48.6 Å². The SMILES string of the molecule is NCCn1nc([C@H]2CCN(C(=O)CCc3cccc(Cl)c3)C2)c2cccnc21. The van der Waals surface area contributed by atoms with Crippen molar-refractivity contribution < 1.29 is 4.79 Å². The predicted octanol–water partition coefficient (Wildman–Crippen LogP) is 2.99. The van der Waals surface area contributed by atoms with Crippen molar-refractivity contribution in [3.63, 3.8) is 0 Å². The predicted molar refractivity (Wildman–Crippen MR) is 110 cm³/mol. The smallest absolute Gasteiger partial charge is 0.222 e. The highest BCUT2D eigenvalue weighted by Gasteiger charge is 2.30. The third-order valence-electron chi connectivity index (χ3n) is 5.32. The number of fused-ring (bicyclic) bond motifs is 1. The Morgan fingerprint density at radius 2 is 2.18 bits per heavy atom. The van der Waals surface area contributed by atoms with Gasteiger partial charge in [-0.1, -0.05) is 23.7 Å². The van der Waals surface area contributed by atoms with E-state index in [-0.39, 0.29) is 11.8 Å². The topological polar surface area (TPSA) is 77.0 Å². The highest BCUT2D eigenvalue weighted by molar-refractivity contribution is 6.30. The van der Waals surface area contributed by atoms with Crippen LogP contribution in [0.15, 0.2) is 42.6 Å². The van der Waals surface area contributed by atoms with Gasteiger partial charge < -0.3 is 10.6 Å². The number of pyridine rings is 1. The molecule has 1 aliphatic rings. The van der Waals surface area contributed by atoms with Crippen LogP contribution in [0.5, 0.6) is 0 Å². The normalized spacial score (nSPS) is 16.8. The fourth-order valence-corrected chi connectivity index (χ4v) is 4.14. The van der Waals surface area contributed by atoms with Crippen molar-refractivity contribution in [1.29, 1.82) is 0 Å². The van der Waals surface area contributed by atoms with Gasteiger partial charge in [0.25, 0.3) is 0 Å². The second-order valence-corrected chi connectivity index (χ2v) is 7.66. The van der Waals surface area contributed by atoms with Crippen LogP contribution in [0.4, 0.5) is 0 Å². The molecule has 1 fully saturated rings. The number of hydrogen-bond donors (Lipinski definition) is 1. The summed E-state index contributed by atoms with van der Waals surface area (Å²) >= 11 is 6.03. The number of amides is 1. The molecule has 7 heteroatoms. The first-order chi connectivity index (χ1) is 13.7. The zero-order valence-electron chi connectivity index (χ0n) is 15.7. The number of benzene rings is 1. The molecule has 0 radical (unpaired) electrons. The Balaban J connectivity index is 1.44. The molecule has 0 spiro atoms. The number of rotatable bonds is 6. The Bertz CT molecular complexity index is 986. The Morgan fingerprint density at radius 1 is 1.29 bits per heavy atom. The molecule has 0 aliphatic carbocycles. The van der Waals surface area contributed by atoms with Crippen molar-refractivity contribution in [2.24, 2.45) is 5.73 Å². The van der Waals surface area contributed by atoms with Gasteiger partial charge in [0.05, 0.1) is 12.2 Å². The van der Waals surface area contributed by atoms with Crippen molar-refractivity contribution in [3.05, 3.63) is 58.9 Å². The fourth-order valence-electron chi connectivity index (χ4n) is 3.93. The fraction of sp³-hybridized carbons (Fsp3) is 0.381. The van der Waals surface area contributed by atoms with Gasteiger partial charge in [-0.2, -0.15) is 5.10 Å². The Morgan fingerprint density at radius 3 is 3.00 bits per heavy atom. The van der Waals surface area contributed by atoms with E-state index in [9.17, 15) is 4.79 Å². The average molecular weight is 398 g/mol. The molecule has 0 unspecified atom stereocenters. The molecule has 1 amide bonds. The minimum atomic E-state index is 0.186. The lowest BCUT2D eigenvalue weighted by Gasteiger charge is -2.16. The van der Waals surface area contributed by atoms with Gasteiger partial charge in [-0.3, -0.25) is 4.79 Å². The number of nitrogens with two attached hydrogens (primary N) is 1. The summed E-state index contributed by atoms with van der Waals surface area (Å²) in [6.07, 6.45) is 3.91. The Labute approximate surface area is 169 Å². The standard InChI is InChI=1S/C21H24ClN5O/c22-17-4-1-3-15(13-17)6-7-19(28)26-11-8-16(14-26)20-18-5-2-10-24-21(18)27(25-20)12-9-23/h1-5,10,13,16H,6-9,11-12,14,23H2/t16-/m0/s1. The number of likely N-dealkylation sites (tertiary alicyclic amines) is 1. The maximum Gasteiger partial charge on any atom is 0.222 e. The number of halogens is 1. The molecule has 6 nitrogen and oxygen atoms in total. The van der Waals surface area contributed by atoms with Gasteiger partial charge in [-0.15, -0.1) is 0 Å². The van der Waals surface area contributed by atoms with Crippen LogP contribution in [0.2, 0.25) is 5.02 Å². The number of nitrogens with zero attached hydrogens (tertiary/aromatic N) is 4. The molecule has 146 valence electrons. The van der Waals surface area contributed by atoms with Gasteiger partial charge in [-0.05, 0) is 42.7 Å². The summed E-state index contributed by atoms with van der Waals surface area (Å²) < 4.78 is 1.88. The quantitative estimate of drug-likeness (QED) is 0.693. The molecule has 3 heterocycles. The molecule has 28 heavy (non-hydrogen) atoms. The van der Waals surface area contributed by atoms with Crippen LogP contribution in [0.25, 0.3) is 11.0 Å². The van der Waals surface area contributed by atoms with Crippen LogP contribution in [-0.4, -0.2) is 45.2 Å². The van der Waals surface area contributed by atoms with Crippen LogP contribution in [0.1, 0.15) is 30.0 Å². The third-order valence-corrected chi connectivity index (χ3v) is 5.56. The molecule has 1 saturated heterocycles. The molecule has 2 N–H and O–H groups in total. The molecule has 4 rings (SSSR count).